The van der Waals surface area contributed by atoms with Crippen molar-refractivity contribution < 1.29 is 77.0 Å². The molecule has 424 valence electrons. The predicted molar refractivity (Wildman–Crippen MR) is 273 cm³/mol. The third-order valence-corrected chi connectivity index (χ3v) is 16.9. The lowest BCUT2D eigenvalue weighted by molar-refractivity contribution is -0.301. The molecule has 0 amide bonds. The molecule has 4 heterocycles. The fraction of sp³-hybridized carbons (Fsp3) is 0.827. The van der Waals surface area contributed by atoms with Crippen LogP contribution >= 0.6 is 0 Å². The second-order valence-electron chi connectivity index (χ2n) is 22.5. The highest BCUT2D eigenvalue weighted by molar-refractivity contribution is 7.90. The van der Waals surface area contributed by atoms with E-state index >= 15 is 0 Å². The second kappa shape index (κ2) is 25.7. The van der Waals surface area contributed by atoms with Gasteiger partial charge in [0.1, 0.15) is 48.5 Å². The molecule has 5 rings (SSSR count). The number of rotatable bonds is 17. The van der Waals surface area contributed by atoms with Crippen molar-refractivity contribution in [2.45, 2.75) is 209 Å². The van der Waals surface area contributed by atoms with Crippen LogP contribution in [0.1, 0.15) is 101 Å². The topological polar surface area (TPSA) is 274 Å². The smallest absolute Gasteiger partial charge is 0.311 e. The number of hydrogen-bond acceptors (Lipinski definition) is 20. The lowest BCUT2D eigenvalue weighted by Crippen LogP contribution is -2.60. The lowest BCUT2D eigenvalue weighted by Gasteiger charge is -2.48. The maximum atomic E-state index is 14.5. The number of hydrogen-bond donors (Lipinski definition) is 6. The van der Waals surface area contributed by atoms with Crippen molar-refractivity contribution in [2.24, 2.45) is 17.8 Å². The first kappa shape index (κ1) is 61.9. The third kappa shape index (κ3) is 15.4. The van der Waals surface area contributed by atoms with Crippen LogP contribution in [0.25, 0.3) is 0 Å². The van der Waals surface area contributed by atoms with E-state index in [4.69, 9.17) is 33.2 Å². The summed E-state index contributed by atoms with van der Waals surface area (Å²) in [4.78, 5) is 18.5. The predicted octanol–water partition coefficient (Wildman–Crippen LogP) is 1.99. The van der Waals surface area contributed by atoms with Crippen LogP contribution < -0.4 is 4.74 Å². The molecule has 1 aromatic heterocycles. The van der Waals surface area contributed by atoms with Gasteiger partial charge in [-0.25, -0.2) is 13.1 Å². The van der Waals surface area contributed by atoms with Crippen molar-refractivity contribution >= 4 is 15.8 Å². The Balaban J connectivity index is 1.37. The zero-order chi connectivity index (χ0) is 55.2. The van der Waals surface area contributed by atoms with E-state index in [9.17, 15) is 43.9 Å². The van der Waals surface area contributed by atoms with Crippen molar-refractivity contribution in [3.8, 4) is 5.75 Å². The molecule has 22 heteroatoms. The number of cyclic esters (lactones) is 1. The highest BCUT2D eigenvalue weighted by Crippen LogP contribution is 2.39. The summed E-state index contributed by atoms with van der Waals surface area (Å²) in [5, 5.41) is 78.7. The van der Waals surface area contributed by atoms with Gasteiger partial charge in [-0.3, -0.25) is 4.79 Å². The number of likely N-dealkylation sites (N-methyl/N-ethyl adjacent to an activating group) is 2. The lowest BCUT2D eigenvalue weighted by atomic mass is 9.77. The summed E-state index contributed by atoms with van der Waals surface area (Å²) >= 11 is 0. The van der Waals surface area contributed by atoms with Crippen molar-refractivity contribution in [3.05, 3.63) is 36.2 Å². The first-order valence-corrected chi connectivity index (χ1v) is 28.0. The van der Waals surface area contributed by atoms with Gasteiger partial charge in [-0.2, -0.15) is 0 Å². The molecule has 0 unspecified atom stereocenters. The van der Waals surface area contributed by atoms with E-state index in [1.54, 1.807) is 47.7 Å². The zero-order valence-corrected chi connectivity index (χ0v) is 46.9. The van der Waals surface area contributed by atoms with Crippen LogP contribution in [0.5, 0.6) is 5.75 Å². The summed E-state index contributed by atoms with van der Waals surface area (Å²) in [6.45, 7) is 18.4. The molecular weight excluding hydrogens is 983 g/mol. The number of carbonyl (C=O) groups is 1. The molecule has 2 aromatic rings. The van der Waals surface area contributed by atoms with Gasteiger partial charge in [-0.15, -0.1) is 5.10 Å². The van der Waals surface area contributed by atoms with Crippen molar-refractivity contribution in [1.82, 2.24) is 24.8 Å². The van der Waals surface area contributed by atoms with E-state index in [0.29, 0.717) is 37.4 Å². The quantitative estimate of drug-likeness (QED) is 0.124. The standard InChI is InChI=1S/C52H89N5O16S/c1-15-42-52(10,64)45(60)34(6)56(12)25-30(2)23-50(8,63)47(32(4)44(33(5)48(62)72-42)69-29-39-24-51(9,67-13)46(61)35(7)71-39)73-49-43(59)41(22-31(3)70-49)55(11)21-20-36-26-57(54-53-36)27-37(58)28-68-38-16-18-40(19-17-38)74(14,65)66/h16-19,26,30-35,37,39,41-47,49,58-61,63-64H,15,20-25,27-29H2,1-14H3/t30-,31-,32+,33-,34-,35+,37-,39-,41+,42-,43-,44+,45-,46+,47-,49+,50-,51-,52-/m1/s1. The molecule has 6 N–H and O–H groups in total. The number of aromatic nitrogens is 3. The second-order valence-corrected chi connectivity index (χ2v) is 24.5. The van der Waals surface area contributed by atoms with Crippen LogP contribution in [0.3, 0.4) is 0 Å². The number of nitrogens with zero attached hydrogens (tertiary/aromatic N) is 5. The minimum atomic E-state index is -3.35. The zero-order valence-electron chi connectivity index (χ0n) is 46.1. The van der Waals surface area contributed by atoms with Crippen molar-refractivity contribution in [1.29, 1.82) is 0 Å². The summed E-state index contributed by atoms with van der Waals surface area (Å²) in [5.74, 6) is -2.33. The molecule has 0 aliphatic carbocycles. The van der Waals surface area contributed by atoms with Crippen LogP contribution in [0, 0.1) is 17.8 Å². The van der Waals surface area contributed by atoms with E-state index < -0.39 is 124 Å². The Labute approximate surface area is 438 Å². The number of aliphatic hydroxyl groups is 6. The van der Waals surface area contributed by atoms with E-state index in [2.05, 4.69) is 10.3 Å². The highest BCUT2D eigenvalue weighted by Gasteiger charge is 2.52. The van der Waals surface area contributed by atoms with Gasteiger partial charge in [0.2, 0.25) is 0 Å². The van der Waals surface area contributed by atoms with Gasteiger partial charge >= 0.3 is 5.97 Å². The van der Waals surface area contributed by atoms with E-state index in [-0.39, 0.29) is 49.8 Å². The molecule has 0 bridgehead atoms. The van der Waals surface area contributed by atoms with Gasteiger partial charge in [-0.1, -0.05) is 26.0 Å². The Hall–Kier alpha value is -2.94. The minimum Gasteiger partial charge on any atom is -0.491 e. The molecular formula is C52H89N5O16S. The van der Waals surface area contributed by atoms with Crippen LogP contribution in [-0.2, 0) is 56.0 Å². The Morgan fingerprint density at radius 1 is 0.986 bits per heavy atom. The average molecular weight is 1070 g/mol. The Kier molecular flexibility index (Phi) is 21.5. The van der Waals surface area contributed by atoms with E-state index in [0.717, 1.165) is 6.26 Å². The average Bonchev–Trinajstić information content (AvgIpc) is 3.78. The third-order valence-electron chi connectivity index (χ3n) is 15.8. The number of sulfone groups is 1. The first-order chi connectivity index (χ1) is 34.4. The molecule has 0 saturated carbocycles. The first-order valence-electron chi connectivity index (χ1n) is 26.1. The minimum absolute atomic E-state index is 0.0373. The molecule has 3 aliphatic rings. The number of ether oxygens (including phenoxy) is 7. The molecule has 3 saturated heterocycles. The van der Waals surface area contributed by atoms with Gasteiger partial charge < -0.3 is 73.6 Å². The fourth-order valence-corrected chi connectivity index (χ4v) is 11.8. The molecule has 0 spiro atoms. The van der Waals surface area contributed by atoms with Gasteiger partial charge in [0.25, 0.3) is 0 Å². The molecule has 21 nitrogen and oxygen atoms in total. The van der Waals surface area contributed by atoms with Crippen LogP contribution in [-0.4, -0.2) is 220 Å². The normalized spacial score (nSPS) is 39.0. The molecule has 19 atom stereocenters. The number of aliphatic hydroxyl groups excluding tert-OH is 4. The van der Waals surface area contributed by atoms with Gasteiger partial charge in [0, 0.05) is 63.5 Å². The fourth-order valence-electron chi connectivity index (χ4n) is 11.2. The van der Waals surface area contributed by atoms with E-state index in [1.807, 2.05) is 44.7 Å². The summed E-state index contributed by atoms with van der Waals surface area (Å²) in [5.41, 5.74) is -3.78. The molecule has 0 radical (unpaired) electrons. The molecule has 3 aliphatic heterocycles. The number of benzene rings is 1. The van der Waals surface area contributed by atoms with Gasteiger partial charge in [-0.05, 0) is 112 Å². The summed E-state index contributed by atoms with van der Waals surface area (Å²) in [7, 11) is 1.89. The van der Waals surface area contributed by atoms with Crippen molar-refractivity contribution in [3.63, 3.8) is 0 Å². The Morgan fingerprint density at radius 2 is 1.65 bits per heavy atom. The SMILES string of the molecule is CC[C@H]1OC(=O)[C@H](C)[C@@H](OC[C@H]2C[C@@](C)(OC)[C@@H](O)[C@H](C)O2)[C@H](C)[C@@H](O[C@@H]2O[C@H](C)C[C@H](N(C)CCc3cn(C[C@@H](O)COc4ccc(S(C)(=O)=O)cc4)nn3)[C@H]2O)[C@](C)(O)C[C@@H](C)CN(C)[C@H](C)[C@@H](O)[C@]1(C)O. The van der Waals surface area contributed by atoms with E-state index in [1.165, 1.54) is 43.0 Å². The van der Waals surface area contributed by atoms with Gasteiger partial charge in [0.05, 0.1) is 71.4 Å². The molecule has 3 fully saturated rings. The largest absolute Gasteiger partial charge is 0.491 e. The molecule has 1 aromatic carbocycles. The summed E-state index contributed by atoms with van der Waals surface area (Å²) in [6, 6.07) is 4.89. The summed E-state index contributed by atoms with van der Waals surface area (Å²) in [6.07, 6.45) is -6.04. The maximum Gasteiger partial charge on any atom is 0.311 e. The molecule has 74 heavy (non-hydrogen) atoms. The van der Waals surface area contributed by atoms with Crippen LogP contribution in [0.2, 0.25) is 0 Å². The Morgan fingerprint density at radius 3 is 2.27 bits per heavy atom. The number of esters is 1. The maximum absolute atomic E-state index is 14.5. The van der Waals surface area contributed by atoms with Gasteiger partial charge in [0.15, 0.2) is 16.1 Å². The van der Waals surface area contributed by atoms with Crippen molar-refractivity contribution in [2.75, 3.05) is 53.8 Å². The Bertz CT molecular complexity index is 2190. The van der Waals surface area contributed by atoms with Crippen LogP contribution in [0.15, 0.2) is 35.4 Å². The van der Waals surface area contributed by atoms with Crippen LogP contribution in [0.4, 0.5) is 0 Å². The monoisotopic (exact) mass is 1070 g/mol. The number of carbonyl (C=O) groups excluding carboxylic acids is 1. The summed E-state index contributed by atoms with van der Waals surface area (Å²) < 4.78 is 68.9. The number of methoxy groups -OCH3 is 1. The highest BCUT2D eigenvalue weighted by atomic mass is 32.2.